The Morgan fingerprint density at radius 3 is 2.54 bits per heavy atom. The molecule has 0 fully saturated rings. The number of thiazole rings is 1. The maximum absolute atomic E-state index is 12.7. The van der Waals surface area contributed by atoms with E-state index in [2.05, 4.69) is 9.97 Å². The Bertz CT molecular complexity index is 871. The van der Waals surface area contributed by atoms with Gasteiger partial charge in [0, 0.05) is 0 Å². The average Bonchev–Trinajstić information content (AvgIpc) is 2.86. The van der Waals surface area contributed by atoms with Gasteiger partial charge >= 0.3 is 11.9 Å². The van der Waals surface area contributed by atoms with E-state index in [0.717, 1.165) is 6.20 Å². The molecule has 0 bridgehead atoms. The maximum Gasteiger partial charge on any atom is 0.325 e. The van der Waals surface area contributed by atoms with Gasteiger partial charge in [0.15, 0.2) is 5.92 Å². The van der Waals surface area contributed by atoms with Crippen molar-refractivity contribution in [2.24, 2.45) is 0 Å². The highest BCUT2D eigenvalue weighted by atomic mass is 32.1. The molecule has 0 saturated heterocycles. The summed E-state index contributed by atoms with van der Waals surface area (Å²) in [5.41, 5.74) is -1.39. The Kier molecular flexibility index (Phi) is 5.55. The summed E-state index contributed by atoms with van der Waals surface area (Å²) in [7, 11) is 0. The maximum atomic E-state index is 12.7. The predicted molar refractivity (Wildman–Crippen MR) is 94.0 cm³/mol. The first-order valence-electron chi connectivity index (χ1n) is 7.85. The molecule has 0 N–H and O–H groups in total. The number of ether oxygens (including phenoxy) is 2. The van der Waals surface area contributed by atoms with Gasteiger partial charge in [-0.2, -0.15) is 0 Å². The van der Waals surface area contributed by atoms with E-state index < -0.39 is 34.1 Å². The molecule has 0 aliphatic rings. The topological polar surface area (TPSA) is 122 Å². The van der Waals surface area contributed by atoms with E-state index in [1.807, 2.05) is 0 Å². The summed E-state index contributed by atoms with van der Waals surface area (Å²) in [5.74, 6) is -3.48. The highest BCUT2D eigenvalue weighted by molar-refractivity contribution is 7.18. The summed E-state index contributed by atoms with van der Waals surface area (Å²) >= 11 is 1.21. The van der Waals surface area contributed by atoms with Gasteiger partial charge in [0.1, 0.15) is 22.1 Å². The number of aromatic nitrogens is 2. The van der Waals surface area contributed by atoms with Crippen molar-refractivity contribution in [2.75, 3.05) is 6.61 Å². The molecule has 2 rings (SSSR count). The molecule has 1 atom stereocenters. The van der Waals surface area contributed by atoms with Crippen LogP contribution in [0.2, 0.25) is 0 Å². The second kappa shape index (κ2) is 7.32. The smallest absolute Gasteiger partial charge is 0.325 e. The van der Waals surface area contributed by atoms with Crippen LogP contribution in [0, 0.1) is 17.0 Å². The van der Waals surface area contributed by atoms with Crippen LogP contribution < -0.4 is 0 Å². The zero-order valence-electron chi connectivity index (χ0n) is 15.1. The van der Waals surface area contributed by atoms with Gasteiger partial charge < -0.3 is 9.47 Å². The third-order valence-corrected chi connectivity index (χ3v) is 4.08. The summed E-state index contributed by atoms with van der Waals surface area (Å²) in [6.07, 6.45) is 1.02. The van der Waals surface area contributed by atoms with E-state index in [1.54, 1.807) is 34.6 Å². The van der Waals surface area contributed by atoms with Gasteiger partial charge in [-0.15, -0.1) is 0 Å². The minimum Gasteiger partial charge on any atom is -0.465 e. The van der Waals surface area contributed by atoms with E-state index in [1.165, 1.54) is 11.3 Å². The van der Waals surface area contributed by atoms with Crippen LogP contribution in [0.3, 0.4) is 0 Å². The third-order valence-electron chi connectivity index (χ3n) is 3.20. The van der Waals surface area contributed by atoms with E-state index in [0.29, 0.717) is 9.84 Å². The average molecular weight is 381 g/mol. The first-order chi connectivity index (χ1) is 12.0. The van der Waals surface area contributed by atoms with Crippen LogP contribution in [0.5, 0.6) is 0 Å². The fourth-order valence-electron chi connectivity index (χ4n) is 2.34. The summed E-state index contributed by atoms with van der Waals surface area (Å²) in [6.45, 7) is 8.20. The second-order valence-corrected chi connectivity index (χ2v) is 7.60. The Hall–Kier alpha value is -2.62. The van der Waals surface area contributed by atoms with Gasteiger partial charge in [-0.05, 0) is 34.6 Å². The molecule has 140 valence electrons. The Morgan fingerprint density at radius 1 is 1.35 bits per heavy atom. The quantitative estimate of drug-likeness (QED) is 0.335. The SMILES string of the molecule is CCOC(=O)C(C(=O)OC(C)(C)C)c1c([N+](=O)[O-])cnc2sc(C)nc12. The fourth-order valence-corrected chi connectivity index (χ4v) is 3.11. The van der Waals surface area contributed by atoms with Crippen LogP contribution in [0.25, 0.3) is 10.3 Å². The van der Waals surface area contributed by atoms with E-state index in [9.17, 15) is 19.7 Å². The highest BCUT2D eigenvalue weighted by Crippen LogP contribution is 2.36. The van der Waals surface area contributed by atoms with Crippen LogP contribution in [0.1, 0.15) is 44.2 Å². The van der Waals surface area contributed by atoms with Gasteiger partial charge in [0.25, 0.3) is 5.69 Å². The molecular weight excluding hydrogens is 362 g/mol. The number of aryl methyl sites for hydroxylation is 1. The summed E-state index contributed by atoms with van der Waals surface area (Å²) < 4.78 is 10.3. The number of pyridine rings is 1. The number of hydrogen-bond acceptors (Lipinski definition) is 9. The minimum absolute atomic E-state index is 0.0102. The van der Waals surface area contributed by atoms with Crippen molar-refractivity contribution in [1.82, 2.24) is 9.97 Å². The Balaban J connectivity index is 2.73. The lowest BCUT2D eigenvalue weighted by Crippen LogP contribution is -2.33. The van der Waals surface area contributed by atoms with Crippen molar-refractivity contribution < 1.29 is 24.0 Å². The molecule has 2 aromatic heterocycles. The van der Waals surface area contributed by atoms with Crippen LogP contribution in [-0.2, 0) is 19.1 Å². The van der Waals surface area contributed by atoms with Gasteiger partial charge in [-0.3, -0.25) is 19.7 Å². The van der Waals surface area contributed by atoms with Gasteiger partial charge in [-0.25, -0.2) is 9.97 Å². The van der Waals surface area contributed by atoms with E-state index in [-0.39, 0.29) is 17.7 Å². The standard InChI is InChI=1S/C16H19N3O6S/c1-6-24-14(20)11(15(21)25-16(3,4)5)10-9(19(22)23)7-17-13-12(10)18-8(2)26-13/h7,11H,6H2,1-5H3. The molecule has 9 nitrogen and oxygen atoms in total. The zero-order chi connectivity index (χ0) is 19.6. The summed E-state index contributed by atoms with van der Waals surface area (Å²) in [6, 6.07) is 0. The van der Waals surface area contributed by atoms with Crippen LogP contribution in [0.15, 0.2) is 6.20 Å². The molecule has 0 aliphatic carbocycles. The fraction of sp³-hybridized carbons (Fsp3) is 0.500. The molecule has 0 spiro atoms. The number of nitro groups is 1. The molecule has 2 aromatic rings. The first kappa shape index (κ1) is 19.7. The predicted octanol–water partition coefficient (Wildman–Crippen LogP) is 2.90. The first-order valence-corrected chi connectivity index (χ1v) is 8.66. The zero-order valence-corrected chi connectivity index (χ0v) is 15.9. The molecule has 10 heteroatoms. The highest BCUT2D eigenvalue weighted by Gasteiger charge is 2.41. The molecule has 2 heterocycles. The van der Waals surface area contributed by atoms with Gasteiger partial charge in [0.2, 0.25) is 0 Å². The molecule has 26 heavy (non-hydrogen) atoms. The molecule has 0 saturated carbocycles. The molecule has 0 amide bonds. The number of carbonyl (C=O) groups excluding carboxylic acids is 2. The number of nitrogens with zero attached hydrogens (tertiary/aromatic N) is 3. The van der Waals surface area contributed by atoms with Crippen molar-refractivity contribution >= 4 is 39.3 Å². The molecule has 0 radical (unpaired) electrons. The monoisotopic (exact) mass is 381 g/mol. The van der Waals surface area contributed by atoms with Crippen LogP contribution >= 0.6 is 11.3 Å². The normalized spacial score (nSPS) is 12.7. The van der Waals surface area contributed by atoms with Crippen LogP contribution in [0.4, 0.5) is 5.69 Å². The summed E-state index contributed by atoms with van der Waals surface area (Å²) in [4.78, 5) is 44.7. The number of carbonyl (C=O) groups is 2. The molecule has 0 aliphatic heterocycles. The lowest BCUT2D eigenvalue weighted by molar-refractivity contribution is -0.385. The number of esters is 2. The largest absolute Gasteiger partial charge is 0.465 e. The lowest BCUT2D eigenvalue weighted by atomic mass is 9.97. The van der Waals surface area contributed by atoms with Crippen molar-refractivity contribution in [2.45, 2.75) is 46.1 Å². The van der Waals surface area contributed by atoms with Crippen molar-refractivity contribution in [3.05, 3.63) is 26.9 Å². The van der Waals surface area contributed by atoms with Gasteiger partial charge in [0.05, 0.1) is 22.1 Å². The summed E-state index contributed by atoms with van der Waals surface area (Å²) in [5, 5.41) is 12.1. The Labute approximate surface area is 153 Å². The number of fused-ring (bicyclic) bond motifs is 1. The number of hydrogen-bond donors (Lipinski definition) is 0. The third kappa shape index (κ3) is 4.13. The minimum atomic E-state index is -1.62. The molecule has 1 unspecified atom stereocenters. The van der Waals surface area contributed by atoms with Crippen LogP contribution in [-0.4, -0.2) is 39.0 Å². The van der Waals surface area contributed by atoms with Crippen molar-refractivity contribution in [3.63, 3.8) is 0 Å². The molecule has 0 aromatic carbocycles. The molecular formula is C16H19N3O6S. The van der Waals surface area contributed by atoms with E-state index in [4.69, 9.17) is 9.47 Å². The second-order valence-electron chi connectivity index (χ2n) is 6.42. The lowest BCUT2D eigenvalue weighted by Gasteiger charge is -2.23. The van der Waals surface area contributed by atoms with Gasteiger partial charge in [-0.1, -0.05) is 11.3 Å². The van der Waals surface area contributed by atoms with Crippen molar-refractivity contribution in [3.8, 4) is 0 Å². The van der Waals surface area contributed by atoms with Crippen molar-refractivity contribution in [1.29, 1.82) is 0 Å². The Morgan fingerprint density at radius 2 is 2.00 bits per heavy atom. The number of rotatable bonds is 5. The van der Waals surface area contributed by atoms with E-state index >= 15 is 0 Å².